The standard InChI is InChI=1S/C21H31N3O4S/c1-15-7-4-10-20(16(15)2)29(27,28)24-12-6-9-19(14-24)22-21(26)18-8-5-11-23(13-18)17(3)25/h4,7,10,18-19H,5-6,8-9,11-14H2,1-3H3,(H,22,26)/t18-,19-/m0/s1. The van der Waals surface area contributed by atoms with Crippen molar-refractivity contribution in [2.75, 3.05) is 26.2 Å². The van der Waals surface area contributed by atoms with Gasteiger partial charge in [0, 0.05) is 39.1 Å². The highest BCUT2D eigenvalue weighted by Gasteiger charge is 2.34. The Bertz CT molecular complexity index is 884. The van der Waals surface area contributed by atoms with E-state index in [0.29, 0.717) is 31.0 Å². The maximum absolute atomic E-state index is 13.2. The molecule has 0 bridgehead atoms. The first kappa shape index (κ1) is 21.8. The van der Waals surface area contributed by atoms with E-state index in [9.17, 15) is 18.0 Å². The van der Waals surface area contributed by atoms with E-state index in [1.54, 1.807) is 17.0 Å². The van der Waals surface area contributed by atoms with Gasteiger partial charge in [0.1, 0.15) is 0 Å². The van der Waals surface area contributed by atoms with E-state index in [1.165, 1.54) is 11.2 Å². The number of sulfonamides is 1. The van der Waals surface area contributed by atoms with Crippen LogP contribution >= 0.6 is 0 Å². The van der Waals surface area contributed by atoms with Gasteiger partial charge in [0.15, 0.2) is 0 Å². The summed E-state index contributed by atoms with van der Waals surface area (Å²) in [6.45, 7) is 7.14. The molecule has 0 aromatic heterocycles. The number of piperidine rings is 2. The summed E-state index contributed by atoms with van der Waals surface area (Å²) < 4.78 is 27.9. The van der Waals surface area contributed by atoms with Crippen molar-refractivity contribution in [1.82, 2.24) is 14.5 Å². The van der Waals surface area contributed by atoms with Crippen LogP contribution in [0.25, 0.3) is 0 Å². The summed E-state index contributed by atoms with van der Waals surface area (Å²) in [5.74, 6) is -0.309. The fourth-order valence-electron chi connectivity index (χ4n) is 4.22. The lowest BCUT2D eigenvalue weighted by molar-refractivity contribution is -0.134. The molecule has 2 amide bonds. The monoisotopic (exact) mass is 421 g/mol. The number of benzene rings is 1. The molecule has 2 saturated heterocycles. The number of carbonyl (C=O) groups is 2. The molecule has 29 heavy (non-hydrogen) atoms. The third kappa shape index (κ3) is 4.80. The summed E-state index contributed by atoms with van der Waals surface area (Å²) in [5, 5.41) is 3.04. The Morgan fingerprint density at radius 3 is 2.52 bits per heavy atom. The quantitative estimate of drug-likeness (QED) is 0.804. The second-order valence-corrected chi connectivity index (χ2v) is 10.1. The average molecular weight is 422 g/mol. The molecule has 0 aliphatic carbocycles. The lowest BCUT2D eigenvalue weighted by Gasteiger charge is -2.35. The van der Waals surface area contributed by atoms with Gasteiger partial charge in [-0.3, -0.25) is 9.59 Å². The van der Waals surface area contributed by atoms with Gasteiger partial charge in [-0.1, -0.05) is 12.1 Å². The zero-order valence-corrected chi connectivity index (χ0v) is 18.3. The normalized spacial score (nSPS) is 23.6. The number of hydrogen-bond donors (Lipinski definition) is 1. The second kappa shape index (κ2) is 8.83. The number of hydrogen-bond acceptors (Lipinski definition) is 4. The summed E-state index contributed by atoms with van der Waals surface area (Å²) >= 11 is 0. The second-order valence-electron chi connectivity index (χ2n) is 8.21. The van der Waals surface area contributed by atoms with Crippen molar-refractivity contribution in [2.24, 2.45) is 5.92 Å². The van der Waals surface area contributed by atoms with E-state index in [4.69, 9.17) is 0 Å². The van der Waals surface area contributed by atoms with E-state index in [1.807, 2.05) is 19.9 Å². The minimum atomic E-state index is -3.60. The van der Waals surface area contributed by atoms with Crippen LogP contribution in [-0.4, -0.2) is 61.7 Å². The molecule has 160 valence electrons. The molecule has 0 radical (unpaired) electrons. The lowest BCUT2D eigenvalue weighted by Crippen LogP contribution is -2.52. The fourth-order valence-corrected chi connectivity index (χ4v) is 6.04. The van der Waals surface area contributed by atoms with E-state index < -0.39 is 10.0 Å². The Kier molecular flexibility index (Phi) is 6.63. The van der Waals surface area contributed by atoms with Gasteiger partial charge in [-0.2, -0.15) is 4.31 Å². The molecule has 2 heterocycles. The van der Waals surface area contributed by atoms with Gasteiger partial charge in [0.05, 0.1) is 10.8 Å². The molecule has 3 rings (SSSR count). The van der Waals surface area contributed by atoms with Gasteiger partial charge >= 0.3 is 0 Å². The third-order valence-corrected chi connectivity index (χ3v) is 8.15. The largest absolute Gasteiger partial charge is 0.352 e. The molecule has 2 aliphatic heterocycles. The molecular weight excluding hydrogens is 390 g/mol. The first-order chi connectivity index (χ1) is 13.7. The van der Waals surface area contributed by atoms with E-state index in [-0.39, 0.29) is 30.3 Å². The third-order valence-electron chi connectivity index (χ3n) is 6.14. The minimum Gasteiger partial charge on any atom is -0.352 e. The highest BCUT2D eigenvalue weighted by Crippen LogP contribution is 2.25. The molecule has 0 unspecified atom stereocenters. The Labute approximate surface area is 173 Å². The Balaban J connectivity index is 1.67. The van der Waals surface area contributed by atoms with Gasteiger partial charge in [-0.25, -0.2) is 8.42 Å². The van der Waals surface area contributed by atoms with Crippen molar-refractivity contribution in [3.05, 3.63) is 29.3 Å². The van der Waals surface area contributed by atoms with Crippen LogP contribution in [0.15, 0.2) is 23.1 Å². The Morgan fingerprint density at radius 2 is 1.79 bits per heavy atom. The van der Waals surface area contributed by atoms with Crippen molar-refractivity contribution in [3.63, 3.8) is 0 Å². The predicted octanol–water partition coefficient (Wildman–Crippen LogP) is 1.83. The summed E-state index contributed by atoms with van der Waals surface area (Å²) in [4.78, 5) is 26.4. The minimum absolute atomic E-state index is 0.00837. The molecule has 7 nitrogen and oxygen atoms in total. The van der Waals surface area contributed by atoms with Crippen LogP contribution in [0.1, 0.15) is 43.7 Å². The summed E-state index contributed by atoms with van der Waals surface area (Å²) in [6, 6.07) is 5.12. The SMILES string of the molecule is CC(=O)N1CCC[C@H](C(=O)N[C@H]2CCCN(S(=O)(=O)c3cccc(C)c3C)C2)C1. The van der Waals surface area contributed by atoms with Crippen molar-refractivity contribution < 1.29 is 18.0 Å². The smallest absolute Gasteiger partial charge is 0.243 e. The summed E-state index contributed by atoms with van der Waals surface area (Å²) in [7, 11) is -3.60. The highest BCUT2D eigenvalue weighted by molar-refractivity contribution is 7.89. The number of aryl methyl sites for hydroxylation is 1. The average Bonchev–Trinajstić information content (AvgIpc) is 2.70. The molecule has 2 aliphatic rings. The van der Waals surface area contributed by atoms with Gasteiger partial charge in [0.25, 0.3) is 0 Å². The maximum Gasteiger partial charge on any atom is 0.243 e. The topological polar surface area (TPSA) is 86.8 Å². The molecule has 1 aromatic rings. The lowest BCUT2D eigenvalue weighted by atomic mass is 9.96. The summed E-state index contributed by atoms with van der Waals surface area (Å²) in [5.41, 5.74) is 1.71. The number of carbonyl (C=O) groups excluding carboxylic acids is 2. The molecular formula is C21H31N3O4S. The number of likely N-dealkylation sites (tertiary alicyclic amines) is 1. The number of nitrogens with one attached hydrogen (secondary N) is 1. The maximum atomic E-state index is 13.2. The molecule has 2 atom stereocenters. The van der Waals surface area contributed by atoms with Crippen LogP contribution in [0.4, 0.5) is 0 Å². The fraction of sp³-hybridized carbons (Fsp3) is 0.619. The first-order valence-electron chi connectivity index (χ1n) is 10.3. The van der Waals surface area contributed by atoms with Crippen LogP contribution in [0.2, 0.25) is 0 Å². The zero-order chi connectivity index (χ0) is 21.2. The Morgan fingerprint density at radius 1 is 1.07 bits per heavy atom. The number of amides is 2. The van der Waals surface area contributed by atoms with Gasteiger partial charge < -0.3 is 10.2 Å². The highest BCUT2D eigenvalue weighted by atomic mass is 32.2. The molecule has 8 heteroatoms. The van der Waals surface area contributed by atoms with Crippen LogP contribution in [0, 0.1) is 19.8 Å². The van der Waals surface area contributed by atoms with Crippen LogP contribution < -0.4 is 5.32 Å². The Hall–Kier alpha value is -1.93. The van der Waals surface area contributed by atoms with Crippen molar-refractivity contribution in [3.8, 4) is 0 Å². The van der Waals surface area contributed by atoms with Crippen LogP contribution in [-0.2, 0) is 19.6 Å². The first-order valence-corrected chi connectivity index (χ1v) is 11.8. The van der Waals surface area contributed by atoms with Crippen molar-refractivity contribution in [2.45, 2.75) is 57.4 Å². The van der Waals surface area contributed by atoms with Crippen LogP contribution in [0.3, 0.4) is 0 Å². The van der Waals surface area contributed by atoms with Gasteiger partial charge in [-0.15, -0.1) is 0 Å². The number of nitrogens with zero attached hydrogens (tertiary/aromatic N) is 2. The van der Waals surface area contributed by atoms with E-state index in [0.717, 1.165) is 30.4 Å². The molecule has 1 aromatic carbocycles. The van der Waals surface area contributed by atoms with Crippen molar-refractivity contribution >= 4 is 21.8 Å². The molecule has 1 N–H and O–H groups in total. The number of rotatable bonds is 4. The zero-order valence-electron chi connectivity index (χ0n) is 17.5. The van der Waals surface area contributed by atoms with Gasteiger partial charge in [-0.05, 0) is 56.7 Å². The van der Waals surface area contributed by atoms with Crippen molar-refractivity contribution in [1.29, 1.82) is 0 Å². The van der Waals surface area contributed by atoms with E-state index in [2.05, 4.69) is 5.32 Å². The van der Waals surface area contributed by atoms with Crippen LogP contribution in [0.5, 0.6) is 0 Å². The van der Waals surface area contributed by atoms with E-state index >= 15 is 0 Å². The molecule has 2 fully saturated rings. The molecule has 0 saturated carbocycles. The predicted molar refractivity (Wildman–Crippen MR) is 111 cm³/mol. The summed E-state index contributed by atoms with van der Waals surface area (Å²) in [6.07, 6.45) is 3.04. The molecule has 0 spiro atoms. The van der Waals surface area contributed by atoms with Gasteiger partial charge in [0.2, 0.25) is 21.8 Å².